The van der Waals surface area contributed by atoms with Crippen molar-refractivity contribution in [2.24, 2.45) is 0 Å². The summed E-state index contributed by atoms with van der Waals surface area (Å²) in [7, 11) is 0. The molecular formula is C66H50N2. The molecule has 0 aromatic heterocycles. The fourth-order valence-corrected chi connectivity index (χ4v) is 11.5. The Morgan fingerprint density at radius 1 is 0.412 bits per heavy atom. The van der Waals surface area contributed by atoms with Crippen LogP contribution in [0.4, 0.5) is 28.4 Å². The first-order valence-electron chi connectivity index (χ1n) is 24.3. The smallest absolute Gasteiger partial charge is 0.0566 e. The summed E-state index contributed by atoms with van der Waals surface area (Å²) in [5.41, 5.74) is 16.6. The molecule has 2 heteroatoms. The quantitative estimate of drug-likeness (QED) is 0.140. The molecule has 13 rings (SSSR count). The van der Waals surface area contributed by atoms with E-state index < -0.39 is 0 Å². The maximum atomic E-state index is 2.64. The number of nitrogens with zero attached hydrogens (tertiary/aromatic N) is 2. The second kappa shape index (κ2) is 16.9. The molecule has 0 spiro atoms. The van der Waals surface area contributed by atoms with Gasteiger partial charge in [0.15, 0.2) is 0 Å². The Kier molecular flexibility index (Phi) is 9.97. The van der Waals surface area contributed by atoms with E-state index in [4.69, 9.17) is 0 Å². The molecule has 1 atom stereocenters. The van der Waals surface area contributed by atoms with Crippen LogP contribution in [0.3, 0.4) is 0 Å². The Morgan fingerprint density at radius 3 is 1.88 bits per heavy atom. The van der Waals surface area contributed by atoms with E-state index >= 15 is 0 Å². The summed E-state index contributed by atoms with van der Waals surface area (Å²) in [5, 5.41) is 10.3. The van der Waals surface area contributed by atoms with Gasteiger partial charge in [-0.05, 0) is 186 Å². The Balaban J connectivity index is 1.15. The predicted octanol–water partition coefficient (Wildman–Crippen LogP) is 15.9. The molecule has 3 aliphatic carbocycles. The topological polar surface area (TPSA) is 6.48 Å². The van der Waals surface area contributed by atoms with Crippen molar-refractivity contribution in [1.82, 2.24) is 0 Å². The first-order chi connectivity index (χ1) is 33.7. The Morgan fingerprint density at radius 2 is 1.09 bits per heavy atom. The largest absolute Gasteiger partial charge is 0.334 e. The molecule has 68 heavy (non-hydrogen) atoms. The number of rotatable bonds is 8. The Bertz CT molecular complexity index is 3730. The summed E-state index contributed by atoms with van der Waals surface area (Å²) in [6.45, 7) is 0. The van der Waals surface area contributed by atoms with Crippen LogP contribution in [0.1, 0.15) is 47.1 Å². The third-order valence-electron chi connectivity index (χ3n) is 14.6. The van der Waals surface area contributed by atoms with E-state index in [1.54, 1.807) is 0 Å². The van der Waals surface area contributed by atoms with Gasteiger partial charge in [-0.1, -0.05) is 170 Å². The standard InChI is InChI=1S/C66H50N2/c1-4-23-51(24-5-1)67(52-25-6-2-7-26-52)55-36-38-60-64(44-55)66(62-42-49-22-14-15-29-57(49)58-30-16-17-31-59(58)62)61-39-37-56(43-63(61)65(60)50-33-32-45-18-10-12-20-47(45)40-50)68(53-27-8-3-9-28-53)54-35-34-46-19-11-13-21-48(46)41-54/h1-12,14-20,22-31,34-36,38-44,56H,13,21,32-33,37H2. The van der Waals surface area contributed by atoms with Crippen LogP contribution in [0.2, 0.25) is 0 Å². The summed E-state index contributed by atoms with van der Waals surface area (Å²) in [6.07, 6.45) is 17.3. The van der Waals surface area contributed by atoms with Crippen LogP contribution in [0.5, 0.6) is 0 Å². The molecule has 0 saturated heterocycles. The van der Waals surface area contributed by atoms with Crippen molar-refractivity contribution >= 4 is 90.6 Å². The number of hydrogen-bond donors (Lipinski definition) is 0. The van der Waals surface area contributed by atoms with Gasteiger partial charge in [-0.3, -0.25) is 0 Å². The molecule has 3 aliphatic rings. The van der Waals surface area contributed by atoms with Crippen molar-refractivity contribution in [3.8, 4) is 11.1 Å². The fourth-order valence-electron chi connectivity index (χ4n) is 11.5. The Labute approximate surface area is 398 Å². The number of fused-ring (bicyclic) bond motifs is 7. The van der Waals surface area contributed by atoms with E-state index in [9.17, 15) is 0 Å². The average molecular weight is 871 g/mol. The second-order valence-electron chi connectivity index (χ2n) is 18.6. The highest BCUT2D eigenvalue weighted by Gasteiger charge is 2.27. The molecule has 0 aliphatic heterocycles. The third kappa shape index (κ3) is 6.95. The molecule has 0 amide bonds. The maximum Gasteiger partial charge on any atom is 0.0566 e. The van der Waals surface area contributed by atoms with Crippen molar-refractivity contribution in [2.45, 2.75) is 38.1 Å². The van der Waals surface area contributed by atoms with Gasteiger partial charge in [-0.2, -0.15) is 0 Å². The summed E-state index contributed by atoms with van der Waals surface area (Å²) in [6, 6.07) is 76.6. The number of aryl methyl sites for hydroxylation is 2. The van der Waals surface area contributed by atoms with Gasteiger partial charge in [0, 0.05) is 28.4 Å². The average Bonchev–Trinajstić information content (AvgIpc) is 3.41. The van der Waals surface area contributed by atoms with E-state index in [0.717, 1.165) is 49.2 Å². The summed E-state index contributed by atoms with van der Waals surface area (Å²) < 4.78 is 0. The molecule has 324 valence electrons. The van der Waals surface area contributed by atoms with Crippen LogP contribution in [0, 0.1) is 0 Å². The lowest BCUT2D eigenvalue weighted by Crippen LogP contribution is -2.41. The van der Waals surface area contributed by atoms with Crippen LogP contribution in [0.15, 0.2) is 212 Å². The molecule has 0 heterocycles. The van der Waals surface area contributed by atoms with Crippen molar-refractivity contribution in [2.75, 3.05) is 9.80 Å². The molecule has 2 nitrogen and oxygen atoms in total. The van der Waals surface area contributed by atoms with E-state index in [-0.39, 0.29) is 6.04 Å². The van der Waals surface area contributed by atoms with Gasteiger partial charge < -0.3 is 9.80 Å². The zero-order valence-corrected chi connectivity index (χ0v) is 38.0. The van der Waals surface area contributed by atoms with Crippen LogP contribution in [-0.4, -0.2) is 6.04 Å². The summed E-state index contributed by atoms with van der Waals surface area (Å²) in [5.74, 6) is 0. The molecule has 10 aromatic rings. The minimum Gasteiger partial charge on any atom is -0.334 e. The third-order valence-corrected chi connectivity index (χ3v) is 14.6. The summed E-state index contributed by atoms with van der Waals surface area (Å²) >= 11 is 0. The van der Waals surface area contributed by atoms with Crippen LogP contribution in [0.25, 0.3) is 73.3 Å². The van der Waals surface area contributed by atoms with Crippen molar-refractivity contribution in [3.63, 3.8) is 0 Å². The monoisotopic (exact) mass is 870 g/mol. The molecule has 1 unspecified atom stereocenters. The lowest BCUT2D eigenvalue weighted by Gasteiger charge is -2.34. The number of anilines is 5. The molecular weight excluding hydrogens is 821 g/mol. The van der Waals surface area contributed by atoms with Crippen molar-refractivity contribution in [3.05, 3.63) is 251 Å². The summed E-state index contributed by atoms with van der Waals surface area (Å²) in [4.78, 5) is 5.01. The number of benzene rings is 10. The predicted molar refractivity (Wildman–Crippen MR) is 291 cm³/mol. The van der Waals surface area contributed by atoms with Gasteiger partial charge in [0.05, 0.1) is 6.04 Å². The molecule has 10 aromatic carbocycles. The fraction of sp³-hybridized carbons (Fsp3) is 0.0909. The highest BCUT2D eigenvalue weighted by Crippen LogP contribution is 2.43. The molecule has 0 N–H and O–H groups in total. The van der Waals surface area contributed by atoms with E-state index in [1.165, 1.54) is 98.6 Å². The van der Waals surface area contributed by atoms with Gasteiger partial charge in [-0.25, -0.2) is 0 Å². The first kappa shape index (κ1) is 40.1. The van der Waals surface area contributed by atoms with Crippen molar-refractivity contribution < 1.29 is 0 Å². The van der Waals surface area contributed by atoms with Gasteiger partial charge in [0.25, 0.3) is 0 Å². The first-order valence-corrected chi connectivity index (χ1v) is 24.3. The normalized spacial score (nSPS) is 14.9. The number of hydrogen-bond acceptors (Lipinski definition) is 2. The molecule has 0 radical (unpaired) electrons. The number of allylic oxidation sites excluding steroid dienone is 2. The van der Waals surface area contributed by atoms with E-state index in [2.05, 4.69) is 246 Å². The SMILES string of the molecule is C1=Cc2ccc(N(c3ccccc3)C3C=c4c(C5=Cc6ccccc6CC5)c5ccc(N(c6ccccc6)c6ccccc6)cc5c(-c5cc6ccccc6c6ccccc56)c4=CC3)cc2CC1. The zero-order chi connectivity index (χ0) is 45.0. The molecule has 0 fully saturated rings. The van der Waals surface area contributed by atoms with Gasteiger partial charge in [0.1, 0.15) is 0 Å². The van der Waals surface area contributed by atoms with Crippen LogP contribution >= 0.6 is 0 Å². The van der Waals surface area contributed by atoms with E-state index in [0.29, 0.717) is 0 Å². The minimum absolute atomic E-state index is 0.0712. The number of para-hydroxylation sites is 3. The van der Waals surface area contributed by atoms with Gasteiger partial charge in [0.2, 0.25) is 0 Å². The van der Waals surface area contributed by atoms with Gasteiger partial charge in [-0.15, -0.1) is 0 Å². The molecule has 0 saturated carbocycles. The Hall–Kier alpha value is -8.20. The highest BCUT2D eigenvalue weighted by atomic mass is 15.2. The minimum atomic E-state index is 0.0712. The lowest BCUT2D eigenvalue weighted by molar-refractivity contribution is 0.835. The molecule has 0 bridgehead atoms. The lowest BCUT2D eigenvalue weighted by atomic mass is 9.80. The maximum absolute atomic E-state index is 2.64. The van der Waals surface area contributed by atoms with Crippen molar-refractivity contribution in [1.29, 1.82) is 0 Å². The second-order valence-corrected chi connectivity index (χ2v) is 18.6. The van der Waals surface area contributed by atoms with Crippen LogP contribution < -0.4 is 20.2 Å². The van der Waals surface area contributed by atoms with E-state index in [1.807, 2.05) is 0 Å². The van der Waals surface area contributed by atoms with Gasteiger partial charge >= 0.3 is 0 Å². The highest BCUT2D eigenvalue weighted by molar-refractivity contribution is 6.18. The van der Waals surface area contributed by atoms with Crippen LogP contribution in [-0.2, 0) is 12.8 Å². The zero-order valence-electron chi connectivity index (χ0n) is 38.0.